The van der Waals surface area contributed by atoms with Gasteiger partial charge in [0.2, 0.25) is 0 Å². The van der Waals surface area contributed by atoms with Crippen LogP contribution in [0.5, 0.6) is 0 Å². The Hall–Kier alpha value is -0.0800. The second-order valence-electron chi connectivity index (χ2n) is 2.39. The van der Waals surface area contributed by atoms with Gasteiger partial charge in [-0.1, -0.05) is 28.9 Å². The molecule has 0 fully saturated rings. The summed E-state index contributed by atoms with van der Waals surface area (Å²) in [6, 6.07) is 0. The molecule has 0 amide bonds. The molecule has 0 aromatic rings. The molecule has 10 heavy (non-hydrogen) atoms. The molecule has 0 aliphatic carbocycles. The molecule has 58 valence electrons. The van der Waals surface area contributed by atoms with Crippen LogP contribution >= 0.6 is 15.9 Å². The molecular formula is C8H13BrO. The second kappa shape index (κ2) is 4.69. The van der Waals surface area contributed by atoms with Crippen molar-refractivity contribution in [3.63, 3.8) is 0 Å². The van der Waals surface area contributed by atoms with Gasteiger partial charge in [-0.15, -0.1) is 6.58 Å². The summed E-state index contributed by atoms with van der Waals surface area (Å²) in [7, 11) is 0. The third-order valence-electron chi connectivity index (χ3n) is 1.51. The Labute approximate surface area is 70.6 Å². The van der Waals surface area contributed by atoms with E-state index < -0.39 is 6.10 Å². The highest BCUT2D eigenvalue weighted by atomic mass is 79.9. The molecular weight excluding hydrogens is 192 g/mol. The van der Waals surface area contributed by atoms with E-state index in [1.165, 1.54) is 0 Å². The van der Waals surface area contributed by atoms with E-state index in [0.29, 0.717) is 0 Å². The second-order valence-corrected chi connectivity index (χ2v) is 2.85. The molecule has 2 atom stereocenters. The van der Waals surface area contributed by atoms with Gasteiger partial charge in [0.25, 0.3) is 0 Å². The molecule has 0 heterocycles. The van der Waals surface area contributed by atoms with Gasteiger partial charge in [0, 0.05) is 5.92 Å². The molecule has 0 aromatic heterocycles. The lowest BCUT2D eigenvalue weighted by Crippen LogP contribution is -2.16. The van der Waals surface area contributed by atoms with Gasteiger partial charge in [0.1, 0.15) is 0 Å². The zero-order valence-corrected chi connectivity index (χ0v) is 7.93. The molecule has 2 heteroatoms. The predicted octanol–water partition coefficient (Wildman–Crippen LogP) is 2.47. The summed E-state index contributed by atoms with van der Waals surface area (Å²) < 4.78 is 0. The van der Waals surface area contributed by atoms with Crippen molar-refractivity contribution >= 4 is 15.9 Å². The Bertz CT molecular complexity index is 140. The van der Waals surface area contributed by atoms with Gasteiger partial charge in [-0.2, -0.15) is 0 Å². The third-order valence-corrected chi connectivity index (χ3v) is 2.23. The lowest BCUT2D eigenvalue weighted by atomic mass is 10.0. The number of rotatable bonds is 3. The van der Waals surface area contributed by atoms with E-state index in [4.69, 9.17) is 0 Å². The Kier molecular flexibility index (Phi) is 4.65. The molecule has 1 N–H and O–H groups in total. The largest absolute Gasteiger partial charge is 0.388 e. The number of hydrogen-bond acceptors (Lipinski definition) is 1. The number of halogens is 1. The molecule has 0 unspecified atom stereocenters. The van der Waals surface area contributed by atoms with Crippen LogP contribution in [0.1, 0.15) is 13.8 Å². The fraction of sp³-hybridized carbons (Fsp3) is 0.500. The molecule has 0 aromatic carbocycles. The van der Waals surface area contributed by atoms with Gasteiger partial charge < -0.3 is 5.11 Å². The minimum atomic E-state index is -0.406. The minimum Gasteiger partial charge on any atom is -0.388 e. The molecule has 0 radical (unpaired) electrons. The average Bonchev–Trinajstić information content (AvgIpc) is 2.00. The van der Waals surface area contributed by atoms with Crippen LogP contribution in [-0.2, 0) is 0 Å². The highest BCUT2D eigenvalue weighted by Crippen LogP contribution is 2.13. The van der Waals surface area contributed by atoms with Crippen LogP contribution < -0.4 is 0 Å². The van der Waals surface area contributed by atoms with Gasteiger partial charge >= 0.3 is 0 Å². The smallest absolute Gasteiger partial charge is 0.0815 e. The first-order valence-corrected chi connectivity index (χ1v) is 4.12. The number of hydrogen-bond donors (Lipinski definition) is 1. The maximum absolute atomic E-state index is 9.42. The van der Waals surface area contributed by atoms with Crippen LogP contribution in [0.3, 0.4) is 0 Å². The van der Waals surface area contributed by atoms with Crippen molar-refractivity contribution in [3.8, 4) is 0 Å². The summed E-state index contributed by atoms with van der Waals surface area (Å²) in [6.45, 7) is 7.40. The Morgan fingerprint density at radius 1 is 1.70 bits per heavy atom. The summed E-state index contributed by atoms with van der Waals surface area (Å²) in [6.07, 6.45) is 1.34. The zero-order valence-electron chi connectivity index (χ0n) is 6.34. The predicted molar refractivity (Wildman–Crippen MR) is 48.1 cm³/mol. The fourth-order valence-electron chi connectivity index (χ4n) is 0.608. The van der Waals surface area contributed by atoms with Crippen molar-refractivity contribution in [2.24, 2.45) is 5.92 Å². The van der Waals surface area contributed by atoms with Crippen LogP contribution in [-0.4, -0.2) is 11.2 Å². The van der Waals surface area contributed by atoms with Crippen LogP contribution in [0, 0.1) is 5.92 Å². The summed E-state index contributed by atoms with van der Waals surface area (Å²) in [5.74, 6) is 0.119. The van der Waals surface area contributed by atoms with E-state index in [2.05, 4.69) is 22.5 Å². The number of aliphatic hydroxyl groups is 1. The summed E-state index contributed by atoms with van der Waals surface area (Å²) in [5.41, 5.74) is 0.924. The molecule has 1 nitrogen and oxygen atoms in total. The molecule has 0 saturated heterocycles. The zero-order chi connectivity index (χ0) is 8.15. The maximum Gasteiger partial charge on any atom is 0.0815 e. The van der Waals surface area contributed by atoms with Crippen molar-refractivity contribution in [2.75, 3.05) is 0 Å². The van der Waals surface area contributed by atoms with E-state index in [0.717, 1.165) is 5.57 Å². The SMILES string of the molecule is C=C[C@H](C)[C@H](O)/C(C)=C\Br. The van der Waals surface area contributed by atoms with Crippen molar-refractivity contribution in [2.45, 2.75) is 20.0 Å². The van der Waals surface area contributed by atoms with Gasteiger partial charge in [0.05, 0.1) is 6.10 Å². The average molecular weight is 205 g/mol. The molecule has 0 spiro atoms. The van der Waals surface area contributed by atoms with Crippen molar-refractivity contribution in [1.29, 1.82) is 0 Å². The molecule has 0 aliphatic heterocycles. The van der Waals surface area contributed by atoms with E-state index in [-0.39, 0.29) is 5.92 Å². The van der Waals surface area contributed by atoms with Gasteiger partial charge in [-0.25, -0.2) is 0 Å². The lowest BCUT2D eigenvalue weighted by Gasteiger charge is -2.14. The third kappa shape index (κ3) is 2.67. The van der Waals surface area contributed by atoms with Crippen molar-refractivity contribution < 1.29 is 5.11 Å². The summed E-state index contributed by atoms with van der Waals surface area (Å²) in [4.78, 5) is 1.73. The quantitative estimate of drug-likeness (QED) is 0.701. The first-order chi connectivity index (χ1) is 4.63. The molecule has 0 saturated carbocycles. The molecule has 0 rings (SSSR count). The highest BCUT2D eigenvalue weighted by molar-refractivity contribution is 9.11. The van der Waals surface area contributed by atoms with Crippen molar-refractivity contribution in [3.05, 3.63) is 23.2 Å². The minimum absolute atomic E-state index is 0.119. The number of aliphatic hydroxyl groups excluding tert-OH is 1. The van der Waals surface area contributed by atoms with Crippen LogP contribution in [0.15, 0.2) is 23.2 Å². The standard InChI is InChI=1S/C8H13BrO/c1-4-6(2)8(10)7(3)5-9/h4-6,8,10H,1H2,2-3H3/b7-5-/t6-,8-/m0/s1. The first kappa shape index (κ1) is 9.92. The van der Waals surface area contributed by atoms with E-state index in [1.54, 1.807) is 11.1 Å². The first-order valence-electron chi connectivity index (χ1n) is 3.21. The van der Waals surface area contributed by atoms with Gasteiger partial charge in [-0.3, -0.25) is 0 Å². The van der Waals surface area contributed by atoms with E-state index in [9.17, 15) is 5.11 Å². The van der Waals surface area contributed by atoms with E-state index >= 15 is 0 Å². The van der Waals surface area contributed by atoms with Crippen LogP contribution in [0.2, 0.25) is 0 Å². The summed E-state index contributed by atoms with van der Waals surface area (Å²) >= 11 is 3.16. The monoisotopic (exact) mass is 204 g/mol. The van der Waals surface area contributed by atoms with Crippen molar-refractivity contribution in [1.82, 2.24) is 0 Å². The van der Waals surface area contributed by atoms with E-state index in [1.807, 2.05) is 13.8 Å². The highest BCUT2D eigenvalue weighted by Gasteiger charge is 2.11. The lowest BCUT2D eigenvalue weighted by molar-refractivity contribution is 0.174. The molecule has 0 bridgehead atoms. The normalized spacial score (nSPS) is 18.2. The van der Waals surface area contributed by atoms with Gasteiger partial charge in [-0.05, 0) is 17.5 Å². The fourth-order valence-corrected chi connectivity index (χ4v) is 0.879. The Balaban J connectivity index is 4.06. The van der Waals surface area contributed by atoms with Gasteiger partial charge in [0.15, 0.2) is 0 Å². The topological polar surface area (TPSA) is 20.2 Å². The van der Waals surface area contributed by atoms with Crippen LogP contribution in [0.25, 0.3) is 0 Å². The molecule has 0 aliphatic rings. The Morgan fingerprint density at radius 3 is 2.50 bits per heavy atom. The summed E-state index contributed by atoms with van der Waals surface area (Å²) in [5, 5.41) is 9.42. The maximum atomic E-state index is 9.42. The van der Waals surface area contributed by atoms with Crippen LogP contribution in [0.4, 0.5) is 0 Å². The Morgan fingerprint density at radius 2 is 2.20 bits per heavy atom.